The minimum Gasteiger partial charge on any atom is -0.502 e. The smallest absolute Gasteiger partial charge is 0.218 e. The van der Waals surface area contributed by atoms with Gasteiger partial charge in [0, 0.05) is 6.92 Å². The molecular formula is C21H24N2O2. The van der Waals surface area contributed by atoms with E-state index in [1.165, 1.54) is 0 Å². The standard InChI is InChI=1S/C21H24N2O2/c1-17-24-20-11-6-4-9-18(20)15-22(2)13-8-14-23(3)16-19-10-5-7-12-21(19)25-17/h4-7,9-12,15-17H,2-3,8,13-14H2,1H3. The Morgan fingerprint density at radius 3 is 1.76 bits per heavy atom. The normalized spacial score (nSPS) is 16.2. The number of benzene rings is 2. The fourth-order valence-electron chi connectivity index (χ4n) is 2.77. The Morgan fingerprint density at radius 2 is 1.28 bits per heavy atom. The van der Waals surface area contributed by atoms with Crippen LogP contribution < -0.4 is 9.47 Å². The number of nitrogens with zero attached hydrogens (tertiary/aromatic N) is 2. The molecule has 0 atom stereocenters. The Bertz CT molecular complexity index is 706. The van der Waals surface area contributed by atoms with E-state index in [1.807, 2.05) is 77.7 Å². The van der Waals surface area contributed by atoms with Gasteiger partial charge in [0.25, 0.3) is 0 Å². The van der Waals surface area contributed by atoms with Crippen molar-refractivity contribution in [2.24, 2.45) is 0 Å². The molecule has 0 fully saturated rings. The van der Waals surface area contributed by atoms with Gasteiger partial charge >= 0.3 is 0 Å². The van der Waals surface area contributed by atoms with E-state index in [-0.39, 0.29) is 0 Å². The molecule has 0 spiro atoms. The lowest BCUT2D eigenvalue weighted by molar-refractivity contribution is -0.504. The predicted octanol–water partition coefficient (Wildman–Crippen LogP) is 3.34. The molecule has 130 valence electrons. The van der Waals surface area contributed by atoms with Gasteiger partial charge in [-0.25, -0.2) is 0 Å². The van der Waals surface area contributed by atoms with E-state index in [1.54, 1.807) is 0 Å². The van der Waals surface area contributed by atoms with Gasteiger partial charge in [-0.15, -0.1) is 24.3 Å². The minimum atomic E-state index is -0.427. The molecule has 0 radical (unpaired) electrons. The number of hydrogen-bond acceptors (Lipinski definition) is 2. The third kappa shape index (κ3) is 4.57. The Morgan fingerprint density at radius 1 is 0.840 bits per heavy atom. The SMILES string of the molecule is C=[N+]1[CH-]c2ccccc2OC(C)Oc2ccccc2[CH-][N+](=C)CCC1. The van der Waals surface area contributed by atoms with Crippen LogP contribution in [0.5, 0.6) is 11.5 Å². The van der Waals surface area contributed by atoms with Crippen molar-refractivity contribution in [3.63, 3.8) is 0 Å². The Balaban J connectivity index is 1.89. The van der Waals surface area contributed by atoms with Gasteiger partial charge < -0.3 is 9.47 Å². The summed E-state index contributed by atoms with van der Waals surface area (Å²) < 4.78 is 15.9. The van der Waals surface area contributed by atoms with Crippen LogP contribution in [0.25, 0.3) is 0 Å². The second kappa shape index (κ2) is 7.79. The molecule has 0 amide bonds. The zero-order valence-corrected chi connectivity index (χ0v) is 14.6. The van der Waals surface area contributed by atoms with Gasteiger partial charge in [-0.1, -0.05) is 24.3 Å². The van der Waals surface area contributed by atoms with Crippen molar-refractivity contribution in [2.45, 2.75) is 19.6 Å². The molecule has 1 heterocycles. The van der Waals surface area contributed by atoms with Gasteiger partial charge in [0.05, 0.1) is 44.4 Å². The van der Waals surface area contributed by atoms with Crippen molar-refractivity contribution in [3.05, 3.63) is 72.7 Å². The molecule has 0 N–H and O–H groups in total. The summed E-state index contributed by atoms with van der Waals surface area (Å²) in [6.07, 6.45) is 0.520. The molecule has 0 saturated heterocycles. The van der Waals surface area contributed by atoms with Gasteiger partial charge in [0.15, 0.2) is 0 Å². The largest absolute Gasteiger partial charge is 0.502 e. The fourth-order valence-corrected chi connectivity index (χ4v) is 2.77. The first-order valence-electron chi connectivity index (χ1n) is 8.47. The maximum atomic E-state index is 6.02. The second-order valence-corrected chi connectivity index (χ2v) is 6.12. The van der Waals surface area contributed by atoms with Crippen molar-refractivity contribution in [2.75, 3.05) is 13.1 Å². The fraction of sp³-hybridized carbons (Fsp3) is 0.238. The highest BCUT2D eigenvalue weighted by Gasteiger charge is 2.11. The lowest BCUT2D eigenvalue weighted by Gasteiger charge is -2.25. The quantitative estimate of drug-likeness (QED) is 0.544. The Hall–Kier alpha value is -2.88. The average molecular weight is 336 g/mol. The molecule has 0 saturated carbocycles. The first-order valence-corrected chi connectivity index (χ1v) is 8.47. The summed E-state index contributed by atoms with van der Waals surface area (Å²) in [6.45, 7) is 15.7. The Kier molecular flexibility index (Phi) is 5.29. The van der Waals surface area contributed by atoms with Crippen LogP contribution in [0.1, 0.15) is 24.5 Å². The summed E-state index contributed by atoms with van der Waals surface area (Å²) in [6, 6.07) is 15.8. The topological polar surface area (TPSA) is 24.5 Å². The van der Waals surface area contributed by atoms with E-state index in [2.05, 4.69) is 13.4 Å². The summed E-state index contributed by atoms with van der Waals surface area (Å²) in [7, 11) is 0. The minimum absolute atomic E-state index is 0.427. The Labute approximate surface area is 149 Å². The van der Waals surface area contributed by atoms with Gasteiger partial charge in [-0.05, 0) is 11.1 Å². The summed E-state index contributed by atoms with van der Waals surface area (Å²) in [5.41, 5.74) is 1.97. The van der Waals surface area contributed by atoms with Crippen LogP contribution in [-0.2, 0) is 0 Å². The van der Waals surface area contributed by atoms with Crippen LogP contribution in [0.3, 0.4) is 0 Å². The first kappa shape index (κ1) is 17.0. The monoisotopic (exact) mass is 336 g/mol. The number of fused-ring (bicyclic) bond motifs is 2. The molecule has 4 heteroatoms. The average Bonchev–Trinajstić information content (AvgIpc) is 2.58. The van der Waals surface area contributed by atoms with Crippen LogP contribution >= 0.6 is 0 Å². The van der Waals surface area contributed by atoms with E-state index in [4.69, 9.17) is 9.47 Å². The summed E-state index contributed by atoms with van der Waals surface area (Å²) in [5.74, 6) is 1.56. The van der Waals surface area contributed by atoms with E-state index in [0.29, 0.717) is 0 Å². The van der Waals surface area contributed by atoms with Crippen molar-refractivity contribution < 1.29 is 18.6 Å². The third-order valence-corrected chi connectivity index (χ3v) is 3.96. The highest BCUT2D eigenvalue weighted by molar-refractivity contribution is 5.39. The molecule has 0 aromatic heterocycles. The first-order chi connectivity index (χ1) is 12.1. The van der Waals surface area contributed by atoms with Crippen LogP contribution in [0.2, 0.25) is 0 Å². The second-order valence-electron chi connectivity index (χ2n) is 6.12. The number of ether oxygens (including phenoxy) is 2. The molecule has 0 unspecified atom stereocenters. The molecule has 4 nitrogen and oxygen atoms in total. The number of hydrogen-bond donors (Lipinski definition) is 0. The van der Waals surface area contributed by atoms with E-state index in [9.17, 15) is 0 Å². The number of para-hydroxylation sites is 2. The highest BCUT2D eigenvalue weighted by atomic mass is 16.7. The number of rotatable bonds is 0. The van der Waals surface area contributed by atoms with Crippen molar-refractivity contribution >= 4 is 13.4 Å². The third-order valence-electron chi connectivity index (χ3n) is 3.96. The zero-order chi connectivity index (χ0) is 17.6. The van der Waals surface area contributed by atoms with Crippen molar-refractivity contribution in [3.8, 4) is 11.5 Å². The summed E-state index contributed by atoms with van der Waals surface area (Å²) in [5, 5.41) is 0. The lowest BCUT2D eigenvalue weighted by Crippen LogP contribution is -2.23. The lowest BCUT2D eigenvalue weighted by atomic mass is 10.2. The van der Waals surface area contributed by atoms with Gasteiger partial charge in [0.2, 0.25) is 6.29 Å². The van der Waals surface area contributed by atoms with Crippen LogP contribution in [0.15, 0.2) is 48.5 Å². The van der Waals surface area contributed by atoms with Crippen LogP contribution in [0, 0.1) is 13.1 Å². The molecular weight excluding hydrogens is 312 g/mol. The molecule has 1 aliphatic rings. The molecule has 2 aromatic rings. The van der Waals surface area contributed by atoms with Crippen molar-refractivity contribution in [1.29, 1.82) is 0 Å². The summed E-state index contributed by atoms with van der Waals surface area (Å²) >= 11 is 0. The molecule has 25 heavy (non-hydrogen) atoms. The summed E-state index contributed by atoms with van der Waals surface area (Å²) in [4.78, 5) is 0. The van der Waals surface area contributed by atoms with Crippen LogP contribution in [-0.4, -0.2) is 42.0 Å². The van der Waals surface area contributed by atoms with Crippen LogP contribution in [0.4, 0.5) is 0 Å². The van der Waals surface area contributed by atoms with E-state index in [0.717, 1.165) is 42.1 Å². The maximum Gasteiger partial charge on any atom is 0.218 e. The van der Waals surface area contributed by atoms with Crippen molar-refractivity contribution in [1.82, 2.24) is 0 Å². The van der Waals surface area contributed by atoms with Gasteiger partial charge in [-0.2, -0.15) is 0 Å². The molecule has 0 aliphatic carbocycles. The molecule has 1 aliphatic heterocycles. The van der Waals surface area contributed by atoms with E-state index >= 15 is 0 Å². The maximum absolute atomic E-state index is 6.02. The highest BCUT2D eigenvalue weighted by Crippen LogP contribution is 2.25. The predicted molar refractivity (Wildman–Crippen MR) is 99.5 cm³/mol. The molecule has 3 rings (SSSR count). The molecule has 0 bridgehead atoms. The van der Waals surface area contributed by atoms with Gasteiger partial charge in [0.1, 0.15) is 13.1 Å². The molecule has 2 aromatic carbocycles. The zero-order valence-electron chi connectivity index (χ0n) is 14.6. The van der Waals surface area contributed by atoms with E-state index < -0.39 is 6.29 Å². The van der Waals surface area contributed by atoms with Gasteiger partial charge in [-0.3, -0.25) is 9.15 Å².